The molecule has 0 amide bonds. The fourth-order valence-electron chi connectivity index (χ4n) is 2.23. The summed E-state index contributed by atoms with van der Waals surface area (Å²) in [6, 6.07) is 18.5. The number of hydrogen-bond acceptors (Lipinski definition) is 1. The van der Waals surface area contributed by atoms with Crippen molar-refractivity contribution in [3.8, 4) is 0 Å². The van der Waals surface area contributed by atoms with Crippen LogP contribution in [0.5, 0.6) is 0 Å². The third kappa shape index (κ3) is 2.36. The van der Waals surface area contributed by atoms with E-state index in [0.717, 1.165) is 11.6 Å². The Morgan fingerprint density at radius 2 is 1.71 bits per heavy atom. The summed E-state index contributed by atoms with van der Waals surface area (Å²) in [5.74, 6) is 0.301. The van der Waals surface area contributed by atoms with Crippen LogP contribution in [-0.4, -0.2) is 12.7 Å². The molecule has 0 spiro atoms. The van der Waals surface area contributed by atoms with E-state index in [1.54, 1.807) is 0 Å². The van der Waals surface area contributed by atoms with E-state index in [9.17, 15) is 0 Å². The summed E-state index contributed by atoms with van der Waals surface area (Å²) in [6.07, 6.45) is 0.302. The summed E-state index contributed by atoms with van der Waals surface area (Å²) in [6.45, 7) is 0.839. The Balaban J connectivity index is 2.01. The molecular formula is C15H13ClO. The lowest BCUT2D eigenvalue weighted by molar-refractivity contribution is 0.389. The summed E-state index contributed by atoms with van der Waals surface area (Å²) in [5.41, 5.74) is 2.52. The highest BCUT2D eigenvalue weighted by atomic mass is 35.5. The lowest BCUT2D eigenvalue weighted by Crippen LogP contribution is -2.08. The van der Waals surface area contributed by atoms with E-state index >= 15 is 0 Å². The van der Waals surface area contributed by atoms with Crippen LogP contribution in [0.25, 0.3) is 0 Å². The molecule has 2 atom stereocenters. The Kier molecular flexibility index (Phi) is 2.87. The molecule has 0 radical (unpaired) electrons. The molecule has 2 aromatic carbocycles. The molecule has 0 aliphatic carbocycles. The SMILES string of the molecule is Clc1cccc([C@@H](c2ccccc2)[C@H]2CO2)c1. The van der Waals surface area contributed by atoms with E-state index in [-0.39, 0.29) is 0 Å². The summed E-state index contributed by atoms with van der Waals surface area (Å²) in [4.78, 5) is 0. The summed E-state index contributed by atoms with van der Waals surface area (Å²) in [5, 5.41) is 0.782. The van der Waals surface area contributed by atoms with Gasteiger partial charge in [0, 0.05) is 10.9 Å². The van der Waals surface area contributed by atoms with Crippen molar-refractivity contribution in [2.45, 2.75) is 12.0 Å². The zero-order chi connectivity index (χ0) is 11.7. The van der Waals surface area contributed by atoms with Crippen LogP contribution in [0.4, 0.5) is 0 Å². The largest absolute Gasteiger partial charge is 0.372 e. The first-order chi connectivity index (χ1) is 8.34. The zero-order valence-corrected chi connectivity index (χ0v) is 10.1. The number of benzene rings is 2. The van der Waals surface area contributed by atoms with Crippen LogP contribution in [0.1, 0.15) is 17.0 Å². The molecule has 1 fully saturated rings. The molecule has 1 saturated heterocycles. The van der Waals surface area contributed by atoms with Gasteiger partial charge in [-0.3, -0.25) is 0 Å². The minimum atomic E-state index is 0.301. The topological polar surface area (TPSA) is 12.5 Å². The molecule has 1 aliphatic rings. The molecule has 17 heavy (non-hydrogen) atoms. The molecule has 86 valence electrons. The maximum atomic E-state index is 6.06. The van der Waals surface area contributed by atoms with E-state index in [2.05, 4.69) is 30.3 Å². The van der Waals surface area contributed by atoms with Crippen molar-refractivity contribution in [3.63, 3.8) is 0 Å². The van der Waals surface area contributed by atoms with Crippen molar-refractivity contribution in [1.29, 1.82) is 0 Å². The number of rotatable bonds is 3. The van der Waals surface area contributed by atoms with Crippen LogP contribution in [0, 0.1) is 0 Å². The van der Waals surface area contributed by atoms with Gasteiger partial charge >= 0.3 is 0 Å². The lowest BCUT2D eigenvalue weighted by atomic mass is 9.89. The first kappa shape index (κ1) is 10.8. The highest BCUT2D eigenvalue weighted by Gasteiger charge is 2.34. The van der Waals surface area contributed by atoms with Crippen molar-refractivity contribution in [1.82, 2.24) is 0 Å². The average Bonchev–Trinajstić information content (AvgIpc) is 3.15. The van der Waals surface area contributed by atoms with Gasteiger partial charge in [0.25, 0.3) is 0 Å². The van der Waals surface area contributed by atoms with Crippen LogP contribution in [0.15, 0.2) is 54.6 Å². The third-order valence-corrected chi connectivity index (χ3v) is 3.33. The second-order valence-electron chi connectivity index (χ2n) is 4.32. The zero-order valence-electron chi connectivity index (χ0n) is 9.34. The Bertz CT molecular complexity index is 505. The average molecular weight is 245 g/mol. The Hall–Kier alpha value is -1.31. The molecule has 0 aromatic heterocycles. The highest BCUT2D eigenvalue weighted by Crippen LogP contribution is 2.36. The molecule has 1 nitrogen and oxygen atoms in total. The summed E-state index contributed by atoms with van der Waals surface area (Å²) in [7, 11) is 0. The quantitative estimate of drug-likeness (QED) is 0.747. The molecule has 0 bridgehead atoms. The van der Waals surface area contributed by atoms with Gasteiger partial charge in [0.1, 0.15) is 0 Å². The van der Waals surface area contributed by atoms with Gasteiger partial charge < -0.3 is 4.74 Å². The van der Waals surface area contributed by atoms with Crippen molar-refractivity contribution in [3.05, 3.63) is 70.7 Å². The summed E-state index contributed by atoms with van der Waals surface area (Å²) < 4.78 is 5.48. The molecule has 1 heterocycles. The van der Waals surface area contributed by atoms with Crippen molar-refractivity contribution in [2.24, 2.45) is 0 Å². The first-order valence-corrected chi connectivity index (χ1v) is 6.14. The second-order valence-corrected chi connectivity index (χ2v) is 4.75. The van der Waals surface area contributed by atoms with E-state index in [1.807, 2.05) is 24.3 Å². The van der Waals surface area contributed by atoms with Gasteiger partial charge in [0.2, 0.25) is 0 Å². The Morgan fingerprint density at radius 1 is 1.00 bits per heavy atom. The minimum absolute atomic E-state index is 0.301. The van der Waals surface area contributed by atoms with Crippen LogP contribution in [0.3, 0.4) is 0 Å². The molecule has 0 N–H and O–H groups in total. The van der Waals surface area contributed by atoms with Gasteiger partial charge in [-0.25, -0.2) is 0 Å². The van der Waals surface area contributed by atoms with Crippen molar-refractivity contribution < 1.29 is 4.74 Å². The van der Waals surface area contributed by atoms with Gasteiger partial charge in [-0.2, -0.15) is 0 Å². The molecule has 3 rings (SSSR count). The molecule has 2 heteroatoms. The maximum absolute atomic E-state index is 6.06. The second kappa shape index (κ2) is 4.52. The van der Waals surface area contributed by atoms with Gasteiger partial charge in [0.05, 0.1) is 12.7 Å². The van der Waals surface area contributed by atoms with Crippen LogP contribution in [-0.2, 0) is 4.74 Å². The Labute approximate surface area is 106 Å². The highest BCUT2D eigenvalue weighted by molar-refractivity contribution is 6.30. The third-order valence-electron chi connectivity index (χ3n) is 3.10. The lowest BCUT2D eigenvalue weighted by Gasteiger charge is -2.15. The number of halogens is 1. The smallest absolute Gasteiger partial charge is 0.0918 e. The molecule has 2 aromatic rings. The van der Waals surface area contributed by atoms with Gasteiger partial charge in [-0.15, -0.1) is 0 Å². The first-order valence-electron chi connectivity index (χ1n) is 5.76. The monoisotopic (exact) mass is 244 g/mol. The minimum Gasteiger partial charge on any atom is -0.372 e. The van der Waals surface area contributed by atoms with Gasteiger partial charge in [0.15, 0.2) is 0 Å². The normalized spacial score (nSPS) is 19.9. The molecule has 0 saturated carbocycles. The molecular weight excluding hydrogens is 232 g/mol. The van der Waals surface area contributed by atoms with E-state index in [4.69, 9.17) is 16.3 Å². The standard InChI is InChI=1S/C15H13ClO/c16-13-8-4-7-12(9-13)15(14-10-17-14)11-5-2-1-3-6-11/h1-9,14-15H,10H2/t14-,15-/m1/s1. The maximum Gasteiger partial charge on any atom is 0.0918 e. The fraction of sp³-hybridized carbons (Fsp3) is 0.200. The van der Waals surface area contributed by atoms with E-state index < -0.39 is 0 Å². The van der Waals surface area contributed by atoms with Gasteiger partial charge in [-0.1, -0.05) is 54.1 Å². The van der Waals surface area contributed by atoms with Gasteiger partial charge in [-0.05, 0) is 23.3 Å². The predicted octanol–water partition coefficient (Wildman–Crippen LogP) is 3.87. The number of epoxide rings is 1. The van der Waals surface area contributed by atoms with Crippen LogP contribution < -0.4 is 0 Å². The fourth-order valence-corrected chi connectivity index (χ4v) is 2.43. The van der Waals surface area contributed by atoms with Crippen molar-refractivity contribution >= 4 is 11.6 Å². The number of hydrogen-bond donors (Lipinski definition) is 0. The van der Waals surface area contributed by atoms with Crippen molar-refractivity contribution in [2.75, 3.05) is 6.61 Å². The predicted molar refractivity (Wildman–Crippen MR) is 69.5 cm³/mol. The van der Waals surface area contributed by atoms with Crippen LogP contribution >= 0.6 is 11.6 Å². The van der Waals surface area contributed by atoms with Crippen LogP contribution in [0.2, 0.25) is 5.02 Å². The number of ether oxygens (including phenoxy) is 1. The van der Waals surface area contributed by atoms with E-state index in [0.29, 0.717) is 12.0 Å². The summed E-state index contributed by atoms with van der Waals surface area (Å²) >= 11 is 6.06. The van der Waals surface area contributed by atoms with E-state index in [1.165, 1.54) is 11.1 Å². The molecule has 1 aliphatic heterocycles. The Morgan fingerprint density at radius 3 is 2.35 bits per heavy atom. The molecule has 0 unspecified atom stereocenters.